The molecule has 0 aliphatic carbocycles. The van der Waals surface area contributed by atoms with Gasteiger partial charge >= 0.3 is 0 Å². The summed E-state index contributed by atoms with van der Waals surface area (Å²) in [5.74, 6) is 0.718. The molecule has 0 unspecified atom stereocenters. The number of ether oxygens (including phenoxy) is 1. The Balaban J connectivity index is 2.57. The molecule has 0 bridgehead atoms. The Labute approximate surface area is 110 Å². The van der Waals surface area contributed by atoms with Crippen LogP contribution in [0.1, 0.15) is 18.2 Å². The average Bonchev–Trinajstić information content (AvgIpc) is 2.75. The Morgan fingerprint density at radius 1 is 1.50 bits per heavy atom. The van der Waals surface area contributed by atoms with Gasteiger partial charge in [0.25, 0.3) is 0 Å². The number of aryl methyl sites for hydroxylation is 1. The van der Waals surface area contributed by atoms with Crippen LogP contribution in [0.2, 0.25) is 5.15 Å². The molecule has 18 heavy (non-hydrogen) atoms. The highest BCUT2D eigenvalue weighted by Crippen LogP contribution is 2.25. The summed E-state index contributed by atoms with van der Waals surface area (Å²) >= 11 is 6.18. The number of hydrogen-bond acceptors (Lipinski definition) is 3. The maximum atomic E-state index is 9.08. The van der Waals surface area contributed by atoms with Crippen molar-refractivity contribution in [3.8, 4) is 17.5 Å². The molecule has 1 heterocycles. The minimum absolute atomic E-state index is 0.336. The summed E-state index contributed by atoms with van der Waals surface area (Å²) in [6.07, 6.45) is 0.666. The summed E-state index contributed by atoms with van der Waals surface area (Å²) in [6, 6.07) is 9.46. The van der Waals surface area contributed by atoms with E-state index in [4.69, 9.17) is 21.6 Å². The zero-order valence-electron chi connectivity index (χ0n) is 10.1. The zero-order chi connectivity index (χ0) is 13.1. The summed E-state index contributed by atoms with van der Waals surface area (Å²) in [4.78, 5) is 0. The Bertz CT molecular complexity index is 613. The van der Waals surface area contributed by atoms with E-state index >= 15 is 0 Å². The smallest absolute Gasteiger partial charge is 0.150 e. The average molecular weight is 262 g/mol. The lowest BCUT2D eigenvalue weighted by Gasteiger charge is -2.05. The lowest BCUT2D eigenvalue weighted by Crippen LogP contribution is -1.97. The maximum Gasteiger partial charge on any atom is 0.150 e. The van der Waals surface area contributed by atoms with Crippen molar-refractivity contribution >= 4 is 11.6 Å². The normalized spacial score (nSPS) is 10.1. The topological polar surface area (TPSA) is 50.8 Å². The van der Waals surface area contributed by atoms with E-state index in [1.54, 1.807) is 11.8 Å². The third-order valence-corrected chi connectivity index (χ3v) is 3.00. The van der Waals surface area contributed by atoms with E-state index in [1.807, 2.05) is 31.2 Å². The fourth-order valence-corrected chi connectivity index (χ4v) is 2.00. The van der Waals surface area contributed by atoms with Crippen molar-refractivity contribution in [2.45, 2.75) is 13.3 Å². The molecule has 0 amide bonds. The number of nitrogens with zero attached hydrogens (tertiary/aromatic N) is 3. The number of hydrogen-bond donors (Lipinski definition) is 0. The first-order chi connectivity index (χ1) is 8.71. The van der Waals surface area contributed by atoms with Gasteiger partial charge in [0.2, 0.25) is 0 Å². The first-order valence-electron chi connectivity index (χ1n) is 5.53. The third kappa shape index (κ3) is 2.05. The quantitative estimate of drug-likeness (QED) is 0.853. The van der Waals surface area contributed by atoms with Gasteiger partial charge in [-0.3, -0.25) is 0 Å². The van der Waals surface area contributed by atoms with Crippen LogP contribution < -0.4 is 4.74 Å². The molecule has 0 radical (unpaired) electrons. The molecular weight excluding hydrogens is 250 g/mol. The zero-order valence-corrected chi connectivity index (χ0v) is 10.9. The van der Waals surface area contributed by atoms with Crippen molar-refractivity contribution in [1.82, 2.24) is 9.78 Å². The summed E-state index contributed by atoms with van der Waals surface area (Å²) in [5.41, 5.74) is 1.91. The fourth-order valence-electron chi connectivity index (χ4n) is 1.71. The molecule has 0 aliphatic heterocycles. The SMILES string of the molecule is CCc1nn(-c2cccc(OC)c2)c(Cl)c1C#N. The van der Waals surface area contributed by atoms with E-state index in [-0.39, 0.29) is 0 Å². The van der Waals surface area contributed by atoms with Gasteiger partial charge in [0.05, 0.1) is 18.5 Å². The lowest BCUT2D eigenvalue weighted by atomic mass is 10.2. The molecule has 92 valence electrons. The first kappa shape index (κ1) is 12.5. The molecular formula is C13H12ClN3O. The second-order valence-electron chi connectivity index (χ2n) is 3.69. The van der Waals surface area contributed by atoms with E-state index in [0.717, 1.165) is 11.4 Å². The second-order valence-corrected chi connectivity index (χ2v) is 4.05. The van der Waals surface area contributed by atoms with E-state index in [1.165, 1.54) is 0 Å². The minimum Gasteiger partial charge on any atom is -0.497 e. The Morgan fingerprint density at radius 3 is 2.83 bits per heavy atom. The number of nitriles is 1. The summed E-state index contributed by atoms with van der Waals surface area (Å²) in [7, 11) is 1.60. The predicted molar refractivity (Wildman–Crippen MR) is 69.2 cm³/mol. The number of aromatic nitrogens is 2. The number of halogens is 1. The van der Waals surface area contributed by atoms with Crippen LogP contribution >= 0.6 is 11.6 Å². The molecule has 0 aliphatic rings. The molecule has 0 fully saturated rings. The number of benzene rings is 1. The maximum absolute atomic E-state index is 9.08. The van der Waals surface area contributed by atoms with Crippen LogP contribution in [0.5, 0.6) is 5.75 Å². The van der Waals surface area contributed by atoms with Crippen molar-refractivity contribution in [3.05, 3.63) is 40.7 Å². The van der Waals surface area contributed by atoms with Crippen molar-refractivity contribution < 1.29 is 4.74 Å². The molecule has 4 nitrogen and oxygen atoms in total. The van der Waals surface area contributed by atoms with E-state index in [0.29, 0.717) is 22.8 Å². The molecule has 1 aromatic carbocycles. The van der Waals surface area contributed by atoms with Gasteiger partial charge in [-0.2, -0.15) is 10.4 Å². The molecule has 0 saturated heterocycles. The van der Waals surface area contributed by atoms with Gasteiger partial charge in [-0.25, -0.2) is 4.68 Å². The van der Waals surface area contributed by atoms with Gasteiger partial charge in [-0.05, 0) is 18.6 Å². The molecule has 5 heteroatoms. The van der Waals surface area contributed by atoms with Crippen molar-refractivity contribution in [2.75, 3.05) is 7.11 Å². The minimum atomic E-state index is 0.336. The highest BCUT2D eigenvalue weighted by atomic mass is 35.5. The van der Waals surface area contributed by atoms with Gasteiger partial charge in [-0.1, -0.05) is 24.6 Å². The summed E-state index contributed by atoms with van der Waals surface area (Å²) < 4.78 is 6.71. The standard InChI is InChI=1S/C13H12ClN3O/c1-3-12-11(8-15)13(14)17(16-12)9-5-4-6-10(7-9)18-2/h4-7H,3H2,1-2H3. The van der Waals surface area contributed by atoms with E-state index in [9.17, 15) is 0 Å². The van der Waals surface area contributed by atoms with Crippen LogP contribution in [-0.4, -0.2) is 16.9 Å². The molecule has 1 aromatic heterocycles. The van der Waals surface area contributed by atoms with Crippen LogP contribution in [0.15, 0.2) is 24.3 Å². The summed E-state index contributed by atoms with van der Waals surface area (Å²) in [5, 5.41) is 13.8. The van der Waals surface area contributed by atoms with Gasteiger partial charge < -0.3 is 4.74 Å². The van der Waals surface area contributed by atoms with Crippen LogP contribution in [0, 0.1) is 11.3 Å². The van der Waals surface area contributed by atoms with Crippen molar-refractivity contribution in [3.63, 3.8) is 0 Å². The molecule has 0 N–H and O–H groups in total. The fraction of sp³-hybridized carbons (Fsp3) is 0.231. The van der Waals surface area contributed by atoms with Crippen LogP contribution in [-0.2, 0) is 6.42 Å². The van der Waals surface area contributed by atoms with Crippen LogP contribution in [0.4, 0.5) is 0 Å². The first-order valence-corrected chi connectivity index (χ1v) is 5.91. The predicted octanol–water partition coefficient (Wildman–Crippen LogP) is 2.97. The molecule has 2 rings (SSSR count). The van der Waals surface area contributed by atoms with Gasteiger partial charge in [0.1, 0.15) is 17.4 Å². The Kier molecular flexibility index (Phi) is 3.54. The van der Waals surface area contributed by atoms with Crippen molar-refractivity contribution in [1.29, 1.82) is 5.26 Å². The van der Waals surface area contributed by atoms with Crippen LogP contribution in [0.3, 0.4) is 0 Å². The van der Waals surface area contributed by atoms with E-state index in [2.05, 4.69) is 11.2 Å². The number of rotatable bonds is 3. The Hall–Kier alpha value is -1.99. The highest BCUT2D eigenvalue weighted by molar-refractivity contribution is 6.31. The van der Waals surface area contributed by atoms with Crippen molar-refractivity contribution in [2.24, 2.45) is 0 Å². The molecule has 0 spiro atoms. The second kappa shape index (κ2) is 5.11. The number of methoxy groups -OCH3 is 1. The highest BCUT2D eigenvalue weighted by Gasteiger charge is 2.16. The molecule has 2 aromatic rings. The monoisotopic (exact) mass is 261 g/mol. The van der Waals surface area contributed by atoms with E-state index < -0.39 is 0 Å². The van der Waals surface area contributed by atoms with Gasteiger partial charge in [0, 0.05) is 6.07 Å². The van der Waals surface area contributed by atoms with Gasteiger partial charge in [0.15, 0.2) is 5.15 Å². The molecule has 0 atom stereocenters. The Morgan fingerprint density at radius 2 is 2.28 bits per heavy atom. The largest absolute Gasteiger partial charge is 0.497 e. The van der Waals surface area contributed by atoms with Gasteiger partial charge in [-0.15, -0.1) is 0 Å². The lowest BCUT2D eigenvalue weighted by molar-refractivity contribution is 0.414. The summed E-state index contributed by atoms with van der Waals surface area (Å²) in [6.45, 7) is 1.94. The van der Waals surface area contributed by atoms with Crippen LogP contribution in [0.25, 0.3) is 5.69 Å². The third-order valence-electron chi connectivity index (χ3n) is 2.65. The molecule has 0 saturated carbocycles.